The van der Waals surface area contributed by atoms with Crippen molar-refractivity contribution < 1.29 is 9.59 Å². The van der Waals surface area contributed by atoms with E-state index in [2.05, 4.69) is 10.6 Å². The van der Waals surface area contributed by atoms with E-state index in [9.17, 15) is 14.4 Å². The standard InChI is InChI=1S/C27H23ClN4O3/c1-18-25(27(35)32(31(18)2)22-12-4-3-5-13-22)30-26(34)20-10-8-11-21(17-20)29-24(33)16-15-19-9-6-7-14-23(19)28/h3-17H,1-2H3,(H,29,33)(H,30,34)/b16-15+. The average molecular weight is 487 g/mol. The highest BCUT2D eigenvalue weighted by Gasteiger charge is 2.19. The fourth-order valence-electron chi connectivity index (χ4n) is 3.60. The molecule has 0 saturated heterocycles. The van der Waals surface area contributed by atoms with Gasteiger partial charge in [0.1, 0.15) is 5.69 Å². The minimum absolute atomic E-state index is 0.193. The smallest absolute Gasteiger partial charge is 0.295 e. The lowest BCUT2D eigenvalue weighted by Gasteiger charge is -2.07. The molecule has 4 aromatic rings. The molecule has 0 saturated carbocycles. The molecular formula is C27H23ClN4O3. The highest BCUT2D eigenvalue weighted by molar-refractivity contribution is 6.32. The Bertz CT molecular complexity index is 1490. The van der Waals surface area contributed by atoms with E-state index in [4.69, 9.17) is 11.6 Å². The van der Waals surface area contributed by atoms with E-state index >= 15 is 0 Å². The quantitative estimate of drug-likeness (QED) is 0.374. The monoisotopic (exact) mass is 486 g/mol. The number of anilines is 2. The number of nitrogens with zero attached hydrogens (tertiary/aromatic N) is 2. The van der Waals surface area contributed by atoms with Crippen LogP contribution in [-0.4, -0.2) is 21.2 Å². The third-order valence-corrected chi connectivity index (χ3v) is 5.85. The number of halogens is 1. The Morgan fingerprint density at radius 3 is 2.37 bits per heavy atom. The Morgan fingerprint density at radius 2 is 1.63 bits per heavy atom. The second-order valence-corrected chi connectivity index (χ2v) is 8.22. The highest BCUT2D eigenvalue weighted by Crippen LogP contribution is 2.18. The van der Waals surface area contributed by atoms with Crippen LogP contribution in [0.4, 0.5) is 11.4 Å². The van der Waals surface area contributed by atoms with Gasteiger partial charge in [-0.3, -0.25) is 19.1 Å². The van der Waals surface area contributed by atoms with Crippen LogP contribution in [0.15, 0.2) is 89.7 Å². The van der Waals surface area contributed by atoms with Crippen LogP contribution in [0.5, 0.6) is 0 Å². The first-order valence-electron chi connectivity index (χ1n) is 10.8. The van der Waals surface area contributed by atoms with Crippen LogP contribution in [0.1, 0.15) is 21.6 Å². The maximum Gasteiger partial charge on any atom is 0.295 e. The van der Waals surface area contributed by atoms with Gasteiger partial charge < -0.3 is 10.6 Å². The van der Waals surface area contributed by atoms with Crippen molar-refractivity contribution in [2.45, 2.75) is 6.92 Å². The van der Waals surface area contributed by atoms with Crippen molar-refractivity contribution in [1.29, 1.82) is 0 Å². The molecule has 4 rings (SSSR count). The van der Waals surface area contributed by atoms with E-state index in [1.807, 2.05) is 42.5 Å². The lowest BCUT2D eigenvalue weighted by atomic mass is 10.1. The fourth-order valence-corrected chi connectivity index (χ4v) is 3.79. The Balaban J connectivity index is 1.51. The zero-order chi connectivity index (χ0) is 24.9. The summed E-state index contributed by atoms with van der Waals surface area (Å²) in [6.45, 7) is 1.76. The molecule has 0 aliphatic carbocycles. The van der Waals surface area contributed by atoms with Crippen LogP contribution in [0.3, 0.4) is 0 Å². The average Bonchev–Trinajstić information content (AvgIpc) is 3.07. The van der Waals surface area contributed by atoms with Gasteiger partial charge in [-0.15, -0.1) is 0 Å². The maximum absolute atomic E-state index is 13.1. The number of aromatic nitrogens is 2. The molecule has 0 aliphatic heterocycles. The van der Waals surface area contributed by atoms with Gasteiger partial charge in [0.15, 0.2) is 0 Å². The van der Waals surface area contributed by atoms with Crippen molar-refractivity contribution in [3.63, 3.8) is 0 Å². The van der Waals surface area contributed by atoms with Crippen LogP contribution in [0.2, 0.25) is 5.02 Å². The van der Waals surface area contributed by atoms with Crippen molar-refractivity contribution in [3.05, 3.63) is 117 Å². The number of para-hydroxylation sites is 1. The van der Waals surface area contributed by atoms with Gasteiger partial charge in [0.2, 0.25) is 5.91 Å². The number of carbonyl (C=O) groups excluding carboxylic acids is 2. The largest absolute Gasteiger partial charge is 0.322 e. The summed E-state index contributed by atoms with van der Waals surface area (Å²) in [6.07, 6.45) is 2.98. The first-order valence-corrected chi connectivity index (χ1v) is 11.2. The van der Waals surface area contributed by atoms with Crippen LogP contribution < -0.4 is 16.2 Å². The molecule has 3 aromatic carbocycles. The summed E-state index contributed by atoms with van der Waals surface area (Å²) in [4.78, 5) is 38.4. The SMILES string of the molecule is Cc1c(NC(=O)c2cccc(NC(=O)/C=C/c3ccccc3Cl)c2)c(=O)n(-c2ccccc2)n1C. The predicted octanol–water partition coefficient (Wildman–Crippen LogP) is 5.04. The van der Waals surface area contributed by atoms with Crippen LogP contribution >= 0.6 is 11.6 Å². The second kappa shape index (κ2) is 10.3. The third kappa shape index (κ3) is 5.26. The molecule has 35 heavy (non-hydrogen) atoms. The van der Waals surface area contributed by atoms with E-state index in [0.717, 1.165) is 5.56 Å². The summed E-state index contributed by atoms with van der Waals surface area (Å²) >= 11 is 6.11. The Morgan fingerprint density at radius 1 is 0.914 bits per heavy atom. The molecule has 2 N–H and O–H groups in total. The molecule has 0 unspecified atom stereocenters. The zero-order valence-electron chi connectivity index (χ0n) is 19.2. The summed E-state index contributed by atoms with van der Waals surface area (Å²) in [5.74, 6) is -0.828. The zero-order valence-corrected chi connectivity index (χ0v) is 19.9. The molecule has 0 atom stereocenters. The molecule has 0 aliphatic rings. The van der Waals surface area contributed by atoms with Crippen LogP contribution in [0, 0.1) is 6.92 Å². The number of carbonyl (C=O) groups is 2. The van der Waals surface area contributed by atoms with Gasteiger partial charge in [-0.25, -0.2) is 4.68 Å². The first kappa shape index (κ1) is 23.8. The molecule has 0 spiro atoms. The Labute approximate surface area is 207 Å². The Kier molecular flexibility index (Phi) is 6.98. The number of rotatable bonds is 6. The fraction of sp³-hybridized carbons (Fsp3) is 0.0741. The van der Waals surface area contributed by atoms with E-state index in [1.54, 1.807) is 61.1 Å². The van der Waals surface area contributed by atoms with Gasteiger partial charge in [-0.05, 0) is 55.0 Å². The molecule has 2 amide bonds. The summed E-state index contributed by atoms with van der Waals surface area (Å²) in [7, 11) is 1.76. The molecule has 0 fully saturated rings. The summed E-state index contributed by atoms with van der Waals surface area (Å²) in [6, 6.07) is 22.8. The molecule has 1 heterocycles. The van der Waals surface area contributed by atoms with Crippen molar-refractivity contribution >= 4 is 40.9 Å². The second-order valence-electron chi connectivity index (χ2n) is 7.82. The van der Waals surface area contributed by atoms with Gasteiger partial charge in [-0.2, -0.15) is 0 Å². The minimum atomic E-state index is -0.460. The van der Waals surface area contributed by atoms with E-state index in [1.165, 1.54) is 10.8 Å². The van der Waals surface area contributed by atoms with E-state index < -0.39 is 5.91 Å². The molecule has 8 heteroatoms. The van der Waals surface area contributed by atoms with E-state index in [-0.39, 0.29) is 17.2 Å². The summed E-state index contributed by atoms with van der Waals surface area (Å²) in [5.41, 5.74) is 2.62. The summed E-state index contributed by atoms with van der Waals surface area (Å²) in [5, 5.41) is 5.99. The Hall–Kier alpha value is -4.36. The van der Waals surface area contributed by atoms with Crippen molar-refractivity contribution in [3.8, 4) is 5.69 Å². The maximum atomic E-state index is 13.1. The summed E-state index contributed by atoms with van der Waals surface area (Å²) < 4.78 is 3.18. The number of amides is 2. The van der Waals surface area contributed by atoms with Gasteiger partial charge in [0.05, 0.1) is 11.4 Å². The number of nitrogens with one attached hydrogen (secondary N) is 2. The van der Waals surface area contributed by atoms with Crippen molar-refractivity contribution in [2.24, 2.45) is 7.05 Å². The third-order valence-electron chi connectivity index (χ3n) is 5.50. The van der Waals surface area contributed by atoms with Gasteiger partial charge in [-0.1, -0.05) is 54.1 Å². The van der Waals surface area contributed by atoms with Gasteiger partial charge >= 0.3 is 0 Å². The molecule has 1 aromatic heterocycles. The van der Waals surface area contributed by atoms with Gasteiger partial charge in [0.25, 0.3) is 11.5 Å². The molecule has 0 radical (unpaired) electrons. The van der Waals surface area contributed by atoms with Crippen LogP contribution in [-0.2, 0) is 11.8 Å². The van der Waals surface area contributed by atoms with Crippen molar-refractivity contribution in [1.82, 2.24) is 9.36 Å². The first-order chi connectivity index (χ1) is 16.8. The molecular weight excluding hydrogens is 464 g/mol. The molecule has 7 nitrogen and oxygen atoms in total. The topological polar surface area (TPSA) is 85.1 Å². The molecule has 176 valence electrons. The lowest BCUT2D eigenvalue weighted by molar-refractivity contribution is -0.111. The number of hydrogen-bond donors (Lipinski definition) is 2. The predicted molar refractivity (Wildman–Crippen MR) is 139 cm³/mol. The van der Waals surface area contributed by atoms with E-state index in [0.29, 0.717) is 27.7 Å². The van der Waals surface area contributed by atoms with Crippen LogP contribution in [0.25, 0.3) is 11.8 Å². The number of hydrogen-bond acceptors (Lipinski definition) is 3. The normalized spacial score (nSPS) is 10.9. The number of benzene rings is 3. The minimum Gasteiger partial charge on any atom is -0.322 e. The van der Waals surface area contributed by atoms with Crippen molar-refractivity contribution in [2.75, 3.05) is 10.6 Å². The van der Waals surface area contributed by atoms with Gasteiger partial charge in [0, 0.05) is 29.4 Å². The lowest BCUT2D eigenvalue weighted by Crippen LogP contribution is -2.23. The highest BCUT2D eigenvalue weighted by atomic mass is 35.5. The molecule has 0 bridgehead atoms.